The molecule has 0 saturated heterocycles. The van der Waals surface area contributed by atoms with Crippen LogP contribution in [0.4, 0.5) is 0 Å². The van der Waals surface area contributed by atoms with E-state index in [-0.39, 0.29) is 0 Å². The summed E-state index contributed by atoms with van der Waals surface area (Å²) < 4.78 is 10.6. The van der Waals surface area contributed by atoms with E-state index in [1.54, 1.807) is 21.3 Å². The first kappa shape index (κ1) is 19.1. The van der Waals surface area contributed by atoms with Crippen molar-refractivity contribution in [2.75, 3.05) is 21.3 Å². The third-order valence-corrected chi connectivity index (χ3v) is 3.72. The second-order valence-corrected chi connectivity index (χ2v) is 6.12. The number of nitrogens with zero attached hydrogens (tertiary/aromatic N) is 1. The van der Waals surface area contributed by atoms with Crippen molar-refractivity contribution >= 4 is 5.96 Å². The Morgan fingerprint density at radius 1 is 1.13 bits per heavy atom. The lowest BCUT2D eigenvalue weighted by atomic mass is 10.0. The van der Waals surface area contributed by atoms with Gasteiger partial charge in [0.05, 0.1) is 14.2 Å². The molecule has 0 amide bonds. The molecule has 0 bridgehead atoms. The number of ether oxygens (including phenoxy) is 2. The summed E-state index contributed by atoms with van der Waals surface area (Å²) in [5.41, 5.74) is 1.06. The molecule has 0 fully saturated rings. The van der Waals surface area contributed by atoms with E-state index in [1.807, 2.05) is 18.2 Å². The van der Waals surface area contributed by atoms with Crippen molar-refractivity contribution in [2.24, 2.45) is 10.9 Å². The van der Waals surface area contributed by atoms with Gasteiger partial charge in [0.2, 0.25) is 0 Å². The first-order valence-corrected chi connectivity index (χ1v) is 8.18. The van der Waals surface area contributed by atoms with E-state index in [0.717, 1.165) is 35.4 Å². The van der Waals surface area contributed by atoms with Gasteiger partial charge in [0, 0.05) is 31.3 Å². The molecular weight excluding hydrogens is 290 g/mol. The van der Waals surface area contributed by atoms with Crippen LogP contribution < -0.4 is 20.1 Å². The van der Waals surface area contributed by atoms with Gasteiger partial charge in [0.25, 0.3) is 0 Å². The van der Waals surface area contributed by atoms with E-state index in [1.165, 1.54) is 6.42 Å². The first-order valence-electron chi connectivity index (χ1n) is 8.18. The SMILES string of the molecule is CN=C(NCc1ccc(OC)cc1OC)NC(C)CCC(C)C. The van der Waals surface area contributed by atoms with Crippen molar-refractivity contribution in [1.29, 1.82) is 0 Å². The van der Waals surface area contributed by atoms with Gasteiger partial charge in [-0.2, -0.15) is 0 Å². The Morgan fingerprint density at radius 3 is 2.43 bits per heavy atom. The monoisotopic (exact) mass is 321 g/mol. The van der Waals surface area contributed by atoms with E-state index in [9.17, 15) is 0 Å². The maximum absolute atomic E-state index is 5.42. The van der Waals surface area contributed by atoms with Gasteiger partial charge in [-0.05, 0) is 37.8 Å². The van der Waals surface area contributed by atoms with E-state index in [4.69, 9.17) is 9.47 Å². The minimum Gasteiger partial charge on any atom is -0.497 e. The van der Waals surface area contributed by atoms with Crippen LogP contribution in [0.3, 0.4) is 0 Å². The summed E-state index contributed by atoms with van der Waals surface area (Å²) in [6, 6.07) is 6.21. The lowest BCUT2D eigenvalue weighted by molar-refractivity contribution is 0.390. The van der Waals surface area contributed by atoms with Gasteiger partial charge in [-0.3, -0.25) is 4.99 Å². The fourth-order valence-electron chi connectivity index (χ4n) is 2.26. The van der Waals surface area contributed by atoms with E-state index in [0.29, 0.717) is 12.6 Å². The number of guanidine groups is 1. The second-order valence-electron chi connectivity index (χ2n) is 6.12. The Hall–Kier alpha value is -1.91. The molecule has 0 radical (unpaired) electrons. The van der Waals surface area contributed by atoms with Crippen molar-refractivity contribution < 1.29 is 9.47 Å². The Kier molecular flexibility index (Phi) is 8.30. The number of nitrogens with one attached hydrogen (secondary N) is 2. The van der Waals surface area contributed by atoms with Crippen molar-refractivity contribution in [1.82, 2.24) is 10.6 Å². The normalized spacial score (nSPS) is 12.9. The van der Waals surface area contributed by atoms with Gasteiger partial charge >= 0.3 is 0 Å². The number of rotatable bonds is 8. The number of methoxy groups -OCH3 is 2. The van der Waals surface area contributed by atoms with Gasteiger partial charge in [0.15, 0.2) is 5.96 Å². The molecule has 0 saturated carbocycles. The summed E-state index contributed by atoms with van der Waals surface area (Å²) in [5, 5.41) is 6.76. The molecule has 1 rings (SSSR count). The molecule has 5 heteroatoms. The van der Waals surface area contributed by atoms with Gasteiger partial charge in [0.1, 0.15) is 11.5 Å². The molecule has 1 aromatic carbocycles. The highest BCUT2D eigenvalue weighted by atomic mass is 16.5. The molecule has 0 aliphatic rings. The predicted octanol–water partition coefficient (Wildman–Crippen LogP) is 3.19. The molecule has 0 spiro atoms. The fourth-order valence-corrected chi connectivity index (χ4v) is 2.26. The fraction of sp³-hybridized carbons (Fsp3) is 0.611. The second kappa shape index (κ2) is 9.98. The molecule has 0 aliphatic carbocycles. The van der Waals surface area contributed by atoms with Crippen LogP contribution in [0.1, 0.15) is 39.2 Å². The summed E-state index contributed by atoms with van der Waals surface area (Å²) in [6.45, 7) is 7.32. The van der Waals surface area contributed by atoms with Crippen LogP contribution in [0.25, 0.3) is 0 Å². The van der Waals surface area contributed by atoms with E-state index >= 15 is 0 Å². The Balaban J connectivity index is 2.58. The maximum Gasteiger partial charge on any atom is 0.191 e. The molecule has 1 atom stereocenters. The van der Waals surface area contributed by atoms with Crippen molar-refractivity contribution in [3.8, 4) is 11.5 Å². The maximum atomic E-state index is 5.42. The number of benzene rings is 1. The highest BCUT2D eigenvalue weighted by Crippen LogP contribution is 2.24. The van der Waals surface area contributed by atoms with Gasteiger partial charge in [-0.1, -0.05) is 13.8 Å². The van der Waals surface area contributed by atoms with Crippen LogP contribution in [-0.2, 0) is 6.54 Å². The Bertz CT molecular complexity index is 501. The zero-order valence-corrected chi connectivity index (χ0v) is 15.3. The van der Waals surface area contributed by atoms with Crippen molar-refractivity contribution in [3.05, 3.63) is 23.8 Å². The molecular formula is C18H31N3O2. The van der Waals surface area contributed by atoms with Crippen molar-refractivity contribution in [2.45, 2.75) is 46.2 Å². The van der Waals surface area contributed by atoms with Gasteiger partial charge < -0.3 is 20.1 Å². The minimum absolute atomic E-state index is 0.390. The molecule has 0 heterocycles. The smallest absolute Gasteiger partial charge is 0.191 e. The number of hydrogen-bond acceptors (Lipinski definition) is 3. The summed E-state index contributed by atoms with van der Waals surface area (Å²) in [5.74, 6) is 3.12. The lowest BCUT2D eigenvalue weighted by Crippen LogP contribution is -2.42. The summed E-state index contributed by atoms with van der Waals surface area (Å²) in [4.78, 5) is 4.29. The Morgan fingerprint density at radius 2 is 1.87 bits per heavy atom. The highest BCUT2D eigenvalue weighted by Gasteiger charge is 2.09. The van der Waals surface area contributed by atoms with Crippen LogP contribution in [-0.4, -0.2) is 33.3 Å². The zero-order valence-electron chi connectivity index (χ0n) is 15.3. The van der Waals surface area contributed by atoms with Crippen LogP contribution in [0.5, 0.6) is 11.5 Å². The van der Waals surface area contributed by atoms with Crippen LogP contribution >= 0.6 is 0 Å². The minimum atomic E-state index is 0.390. The number of aliphatic imine (C=N–C) groups is 1. The third kappa shape index (κ3) is 6.80. The standard InChI is InChI=1S/C18H31N3O2/c1-13(2)7-8-14(3)21-18(19-4)20-12-15-9-10-16(22-5)11-17(15)23-6/h9-11,13-14H,7-8,12H2,1-6H3,(H2,19,20,21). The van der Waals surface area contributed by atoms with Crippen molar-refractivity contribution in [3.63, 3.8) is 0 Å². The van der Waals surface area contributed by atoms with E-state index < -0.39 is 0 Å². The van der Waals surface area contributed by atoms with Crippen LogP contribution in [0.15, 0.2) is 23.2 Å². The predicted molar refractivity (Wildman–Crippen MR) is 96.4 cm³/mol. The van der Waals surface area contributed by atoms with E-state index in [2.05, 4.69) is 36.4 Å². The van der Waals surface area contributed by atoms with Gasteiger partial charge in [-0.15, -0.1) is 0 Å². The molecule has 130 valence electrons. The van der Waals surface area contributed by atoms with Crippen LogP contribution in [0.2, 0.25) is 0 Å². The third-order valence-electron chi connectivity index (χ3n) is 3.72. The topological polar surface area (TPSA) is 54.9 Å². The molecule has 2 N–H and O–H groups in total. The molecule has 0 aliphatic heterocycles. The summed E-state index contributed by atoms with van der Waals surface area (Å²) in [6.07, 6.45) is 2.34. The average Bonchev–Trinajstić information content (AvgIpc) is 2.56. The molecule has 0 aromatic heterocycles. The van der Waals surface area contributed by atoms with Gasteiger partial charge in [-0.25, -0.2) is 0 Å². The van der Waals surface area contributed by atoms with Crippen LogP contribution in [0, 0.1) is 5.92 Å². The largest absolute Gasteiger partial charge is 0.497 e. The first-order chi connectivity index (χ1) is 11.0. The summed E-state index contributed by atoms with van der Waals surface area (Å²) >= 11 is 0. The Labute approximate surface area is 140 Å². The molecule has 5 nitrogen and oxygen atoms in total. The quantitative estimate of drug-likeness (QED) is 0.570. The molecule has 23 heavy (non-hydrogen) atoms. The summed E-state index contributed by atoms with van der Waals surface area (Å²) in [7, 11) is 5.10. The lowest BCUT2D eigenvalue weighted by Gasteiger charge is -2.19. The average molecular weight is 321 g/mol. The molecule has 1 aromatic rings. The highest BCUT2D eigenvalue weighted by molar-refractivity contribution is 5.80. The zero-order chi connectivity index (χ0) is 17.2. The molecule has 1 unspecified atom stereocenters. The number of hydrogen-bond donors (Lipinski definition) is 2.